The Hall–Kier alpha value is -1.81. The first-order valence-electron chi connectivity index (χ1n) is 6.59. The highest BCUT2D eigenvalue weighted by molar-refractivity contribution is 6.31. The highest BCUT2D eigenvalue weighted by Gasteiger charge is 2.15. The molecule has 0 unspecified atom stereocenters. The van der Waals surface area contributed by atoms with Crippen molar-refractivity contribution in [2.45, 2.75) is 26.7 Å². The molecule has 0 bridgehead atoms. The van der Waals surface area contributed by atoms with Gasteiger partial charge in [-0.25, -0.2) is 9.97 Å². The molecule has 2 aromatic rings. The molecule has 0 saturated carbocycles. The average molecular weight is 291 g/mol. The first-order chi connectivity index (χ1) is 9.54. The second kappa shape index (κ2) is 6.09. The van der Waals surface area contributed by atoms with Gasteiger partial charge >= 0.3 is 0 Å². The van der Waals surface area contributed by atoms with Crippen molar-refractivity contribution in [3.05, 3.63) is 40.7 Å². The van der Waals surface area contributed by atoms with Crippen LogP contribution in [0.5, 0.6) is 0 Å². The van der Waals surface area contributed by atoms with E-state index in [1.807, 2.05) is 32.2 Å². The number of halogens is 1. The summed E-state index contributed by atoms with van der Waals surface area (Å²) in [7, 11) is 1.86. The number of benzene rings is 1. The van der Waals surface area contributed by atoms with Crippen molar-refractivity contribution in [2.75, 3.05) is 17.7 Å². The highest BCUT2D eigenvalue weighted by atomic mass is 35.5. The molecule has 0 spiro atoms. The van der Waals surface area contributed by atoms with Crippen LogP contribution in [0.1, 0.15) is 30.9 Å². The molecular formula is C15H19ClN4. The Bertz CT molecular complexity index is 611. The fraction of sp³-hybridized carbons (Fsp3) is 0.333. The van der Waals surface area contributed by atoms with Gasteiger partial charge in [-0.05, 0) is 30.5 Å². The number of aromatic nitrogens is 2. The SMILES string of the molecule is CNc1ncnc(Nc2cccc(Cl)c2C)c1C(C)C. The molecule has 1 heterocycles. The Morgan fingerprint density at radius 3 is 2.50 bits per heavy atom. The summed E-state index contributed by atoms with van der Waals surface area (Å²) in [4.78, 5) is 8.64. The number of hydrogen-bond acceptors (Lipinski definition) is 4. The van der Waals surface area contributed by atoms with Gasteiger partial charge < -0.3 is 10.6 Å². The van der Waals surface area contributed by atoms with Gasteiger partial charge in [0.25, 0.3) is 0 Å². The Balaban J connectivity index is 2.46. The zero-order chi connectivity index (χ0) is 14.7. The van der Waals surface area contributed by atoms with E-state index in [1.165, 1.54) is 0 Å². The lowest BCUT2D eigenvalue weighted by molar-refractivity contribution is 0.852. The number of hydrogen-bond donors (Lipinski definition) is 2. The molecule has 0 aliphatic heterocycles. The maximum Gasteiger partial charge on any atom is 0.139 e. The molecule has 0 atom stereocenters. The second-order valence-electron chi connectivity index (χ2n) is 4.93. The van der Waals surface area contributed by atoms with Crippen LogP contribution in [0.15, 0.2) is 24.5 Å². The summed E-state index contributed by atoms with van der Waals surface area (Å²) in [6, 6.07) is 5.80. The number of nitrogens with one attached hydrogen (secondary N) is 2. The Kier molecular flexibility index (Phi) is 4.45. The van der Waals surface area contributed by atoms with Gasteiger partial charge in [0.1, 0.15) is 18.0 Å². The molecule has 0 fully saturated rings. The van der Waals surface area contributed by atoms with Crippen LogP contribution in [-0.2, 0) is 0 Å². The molecule has 0 radical (unpaired) electrons. The van der Waals surface area contributed by atoms with Crippen molar-refractivity contribution in [1.82, 2.24) is 9.97 Å². The first-order valence-corrected chi connectivity index (χ1v) is 6.97. The standard InChI is InChI=1S/C15H19ClN4/c1-9(2)13-14(17-4)18-8-19-15(13)20-12-7-5-6-11(16)10(12)3/h5-9H,1-4H3,(H2,17,18,19,20). The van der Waals surface area contributed by atoms with E-state index in [9.17, 15) is 0 Å². The summed E-state index contributed by atoms with van der Waals surface area (Å²) >= 11 is 6.16. The van der Waals surface area contributed by atoms with Crippen molar-refractivity contribution in [3.8, 4) is 0 Å². The van der Waals surface area contributed by atoms with Gasteiger partial charge in [-0.15, -0.1) is 0 Å². The molecule has 2 N–H and O–H groups in total. The minimum absolute atomic E-state index is 0.306. The number of anilines is 3. The van der Waals surface area contributed by atoms with Crippen molar-refractivity contribution in [2.24, 2.45) is 0 Å². The van der Waals surface area contributed by atoms with Gasteiger partial charge in [-0.2, -0.15) is 0 Å². The van der Waals surface area contributed by atoms with Crippen LogP contribution in [0.3, 0.4) is 0 Å². The minimum atomic E-state index is 0.306. The summed E-state index contributed by atoms with van der Waals surface area (Å²) < 4.78 is 0. The number of rotatable bonds is 4. The molecule has 0 aliphatic carbocycles. The van der Waals surface area contributed by atoms with Crippen LogP contribution >= 0.6 is 11.6 Å². The predicted octanol–water partition coefficient (Wildman–Crippen LogP) is 4.35. The van der Waals surface area contributed by atoms with Gasteiger partial charge in [0, 0.05) is 23.3 Å². The largest absolute Gasteiger partial charge is 0.373 e. The molecule has 0 saturated heterocycles. The van der Waals surface area contributed by atoms with E-state index in [-0.39, 0.29) is 0 Å². The van der Waals surface area contributed by atoms with E-state index >= 15 is 0 Å². The molecule has 1 aromatic heterocycles. The van der Waals surface area contributed by atoms with E-state index in [1.54, 1.807) is 6.33 Å². The third kappa shape index (κ3) is 2.85. The molecule has 2 rings (SSSR count). The number of nitrogens with zero attached hydrogens (tertiary/aromatic N) is 2. The van der Waals surface area contributed by atoms with E-state index < -0.39 is 0 Å². The molecule has 0 aliphatic rings. The Morgan fingerprint density at radius 1 is 1.15 bits per heavy atom. The lowest BCUT2D eigenvalue weighted by Gasteiger charge is -2.17. The summed E-state index contributed by atoms with van der Waals surface area (Å²) in [5, 5.41) is 7.21. The van der Waals surface area contributed by atoms with Gasteiger partial charge in [0.15, 0.2) is 0 Å². The lowest BCUT2D eigenvalue weighted by atomic mass is 10.0. The Morgan fingerprint density at radius 2 is 1.85 bits per heavy atom. The fourth-order valence-electron chi connectivity index (χ4n) is 2.11. The Labute approximate surface area is 124 Å². The topological polar surface area (TPSA) is 49.8 Å². The maximum absolute atomic E-state index is 6.16. The summed E-state index contributed by atoms with van der Waals surface area (Å²) in [6.45, 7) is 6.23. The van der Waals surface area contributed by atoms with Crippen molar-refractivity contribution < 1.29 is 0 Å². The average Bonchev–Trinajstić information content (AvgIpc) is 2.43. The lowest BCUT2D eigenvalue weighted by Crippen LogP contribution is -2.07. The van der Waals surface area contributed by atoms with Crippen molar-refractivity contribution in [1.29, 1.82) is 0 Å². The second-order valence-corrected chi connectivity index (χ2v) is 5.33. The predicted molar refractivity (Wildman–Crippen MR) is 85.1 cm³/mol. The highest BCUT2D eigenvalue weighted by Crippen LogP contribution is 2.32. The van der Waals surface area contributed by atoms with Crippen LogP contribution in [0.25, 0.3) is 0 Å². The minimum Gasteiger partial charge on any atom is -0.373 e. The summed E-state index contributed by atoms with van der Waals surface area (Å²) in [5.41, 5.74) is 3.03. The molecule has 20 heavy (non-hydrogen) atoms. The van der Waals surface area contributed by atoms with Crippen LogP contribution < -0.4 is 10.6 Å². The molecule has 1 aromatic carbocycles. The normalized spacial score (nSPS) is 10.7. The molecule has 0 amide bonds. The third-order valence-corrected chi connectivity index (χ3v) is 3.63. The molecule has 106 valence electrons. The van der Waals surface area contributed by atoms with Crippen LogP contribution in [0, 0.1) is 6.92 Å². The quantitative estimate of drug-likeness (QED) is 0.879. The van der Waals surface area contributed by atoms with Gasteiger partial charge in [0.05, 0.1) is 0 Å². The zero-order valence-electron chi connectivity index (χ0n) is 12.2. The molecule has 5 heteroatoms. The smallest absolute Gasteiger partial charge is 0.139 e. The van der Waals surface area contributed by atoms with Crippen LogP contribution in [0.2, 0.25) is 5.02 Å². The summed E-state index contributed by atoms with van der Waals surface area (Å²) in [6.07, 6.45) is 1.56. The van der Waals surface area contributed by atoms with Crippen molar-refractivity contribution >= 4 is 28.9 Å². The van der Waals surface area contributed by atoms with Gasteiger partial charge in [0.2, 0.25) is 0 Å². The zero-order valence-corrected chi connectivity index (χ0v) is 12.9. The van der Waals surface area contributed by atoms with E-state index in [2.05, 4.69) is 34.4 Å². The maximum atomic E-state index is 6.16. The van der Waals surface area contributed by atoms with Crippen LogP contribution in [-0.4, -0.2) is 17.0 Å². The molecular weight excluding hydrogens is 272 g/mol. The first kappa shape index (κ1) is 14.6. The van der Waals surface area contributed by atoms with Crippen LogP contribution in [0.4, 0.5) is 17.3 Å². The van der Waals surface area contributed by atoms with Gasteiger partial charge in [-0.3, -0.25) is 0 Å². The monoisotopic (exact) mass is 290 g/mol. The van der Waals surface area contributed by atoms with Crippen molar-refractivity contribution in [3.63, 3.8) is 0 Å². The fourth-order valence-corrected chi connectivity index (χ4v) is 2.29. The van der Waals surface area contributed by atoms with E-state index in [0.29, 0.717) is 5.92 Å². The van der Waals surface area contributed by atoms with Gasteiger partial charge in [-0.1, -0.05) is 31.5 Å². The van der Waals surface area contributed by atoms with E-state index in [0.717, 1.165) is 33.5 Å². The van der Waals surface area contributed by atoms with E-state index in [4.69, 9.17) is 11.6 Å². The third-order valence-electron chi connectivity index (χ3n) is 3.22. The summed E-state index contributed by atoms with van der Waals surface area (Å²) in [5.74, 6) is 1.96. The molecule has 4 nitrogen and oxygen atoms in total.